The maximum absolute atomic E-state index is 11.9. The highest BCUT2D eigenvalue weighted by Gasteiger charge is 2.24. The highest BCUT2D eigenvalue weighted by molar-refractivity contribution is 6.03. The molecule has 0 atom stereocenters. The Bertz CT molecular complexity index is 888. The number of imide groups is 1. The zero-order valence-electron chi connectivity index (χ0n) is 12.6. The van der Waals surface area contributed by atoms with Crippen LogP contribution in [0.1, 0.15) is 6.92 Å². The van der Waals surface area contributed by atoms with Crippen LogP contribution >= 0.6 is 0 Å². The lowest BCUT2D eigenvalue weighted by Crippen LogP contribution is -2.31. The van der Waals surface area contributed by atoms with E-state index in [1.807, 2.05) is 18.2 Å². The third-order valence-electron chi connectivity index (χ3n) is 3.85. The van der Waals surface area contributed by atoms with E-state index in [2.05, 4.69) is 5.32 Å². The Balaban J connectivity index is 1.91. The highest BCUT2D eigenvalue weighted by Crippen LogP contribution is 2.20. The van der Waals surface area contributed by atoms with Gasteiger partial charge in [-0.25, -0.2) is 4.79 Å². The Hall–Kier alpha value is -2.83. The summed E-state index contributed by atoms with van der Waals surface area (Å²) in [7, 11) is 3.44. The van der Waals surface area contributed by atoms with Crippen molar-refractivity contribution in [2.75, 3.05) is 11.9 Å². The molecule has 1 aliphatic rings. The van der Waals surface area contributed by atoms with E-state index >= 15 is 0 Å². The SMILES string of the molecule is CC(=O)N1CC(Nc2ccc3c(c2)n(C)c(=O)n3C)=CC1=O. The van der Waals surface area contributed by atoms with Gasteiger partial charge in [0.2, 0.25) is 5.91 Å². The molecule has 3 rings (SSSR count). The van der Waals surface area contributed by atoms with Crippen molar-refractivity contribution in [2.24, 2.45) is 14.1 Å². The molecule has 0 unspecified atom stereocenters. The van der Waals surface area contributed by atoms with Crippen molar-refractivity contribution >= 4 is 28.5 Å². The average Bonchev–Trinajstić information content (AvgIpc) is 2.94. The Labute approximate surface area is 126 Å². The Morgan fingerprint density at radius 1 is 1.14 bits per heavy atom. The Morgan fingerprint density at radius 2 is 1.82 bits per heavy atom. The highest BCUT2D eigenvalue weighted by atomic mass is 16.2. The molecule has 1 N–H and O–H groups in total. The van der Waals surface area contributed by atoms with Gasteiger partial charge in [0.1, 0.15) is 0 Å². The molecule has 0 fully saturated rings. The number of nitrogens with zero attached hydrogens (tertiary/aromatic N) is 3. The van der Waals surface area contributed by atoms with Crippen molar-refractivity contribution in [3.63, 3.8) is 0 Å². The number of imidazole rings is 1. The standard InChI is InChI=1S/C15H16N4O3/c1-9(20)19-8-11(7-14(19)21)16-10-4-5-12-13(6-10)18(3)15(22)17(12)2/h4-7,16H,8H2,1-3H3. The van der Waals surface area contributed by atoms with E-state index in [1.54, 1.807) is 23.2 Å². The number of amides is 2. The van der Waals surface area contributed by atoms with Crippen molar-refractivity contribution in [3.05, 3.63) is 40.5 Å². The molecule has 2 heterocycles. The first-order chi connectivity index (χ1) is 10.4. The number of nitrogens with one attached hydrogen (secondary N) is 1. The summed E-state index contributed by atoms with van der Waals surface area (Å²) in [4.78, 5) is 36.1. The maximum atomic E-state index is 11.9. The van der Waals surface area contributed by atoms with Crippen molar-refractivity contribution in [1.82, 2.24) is 14.0 Å². The minimum atomic E-state index is -0.316. The molecule has 22 heavy (non-hydrogen) atoms. The first kappa shape index (κ1) is 14.1. The van der Waals surface area contributed by atoms with Crippen LogP contribution in [0, 0.1) is 0 Å². The van der Waals surface area contributed by atoms with Gasteiger partial charge in [-0.15, -0.1) is 0 Å². The van der Waals surface area contributed by atoms with Gasteiger partial charge in [0.05, 0.1) is 17.6 Å². The second-order valence-corrected chi connectivity index (χ2v) is 5.34. The van der Waals surface area contributed by atoms with Crippen LogP contribution in [0.4, 0.5) is 5.69 Å². The lowest BCUT2D eigenvalue weighted by atomic mass is 10.2. The number of anilines is 1. The van der Waals surface area contributed by atoms with E-state index in [1.165, 1.54) is 17.9 Å². The minimum absolute atomic E-state index is 0.0924. The third-order valence-corrected chi connectivity index (χ3v) is 3.85. The van der Waals surface area contributed by atoms with Crippen LogP contribution in [-0.4, -0.2) is 32.4 Å². The summed E-state index contributed by atoms with van der Waals surface area (Å²) in [5, 5.41) is 3.13. The van der Waals surface area contributed by atoms with Crippen LogP contribution in [0.25, 0.3) is 11.0 Å². The normalized spacial score (nSPS) is 14.6. The number of aryl methyl sites for hydroxylation is 2. The molecule has 1 aromatic carbocycles. The number of hydrogen-bond donors (Lipinski definition) is 1. The molecule has 1 aliphatic heterocycles. The molecule has 2 aromatic rings. The van der Waals surface area contributed by atoms with Gasteiger partial charge in [-0.2, -0.15) is 0 Å². The van der Waals surface area contributed by atoms with Crippen LogP contribution in [0.5, 0.6) is 0 Å². The van der Waals surface area contributed by atoms with Crippen molar-refractivity contribution in [3.8, 4) is 0 Å². The van der Waals surface area contributed by atoms with Gasteiger partial charge in [-0.05, 0) is 18.2 Å². The number of aromatic nitrogens is 2. The monoisotopic (exact) mass is 300 g/mol. The molecule has 7 heteroatoms. The predicted octanol–water partition coefficient (Wildman–Crippen LogP) is 0.561. The second kappa shape index (κ2) is 4.87. The van der Waals surface area contributed by atoms with Gasteiger partial charge in [0.15, 0.2) is 0 Å². The van der Waals surface area contributed by atoms with Crippen LogP contribution in [0.3, 0.4) is 0 Å². The summed E-state index contributed by atoms with van der Waals surface area (Å²) >= 11 is 0. The molecule has 7 nitrogen and oxygen atoms in total. The molecule has 0 radical (unpaired) electrons. The lowest BCUT2D eigenvalue weighted by Gasteiger charge is -2.12. The number of rotatable bonds is 2. The zero-order chi connectivity index (χ0) is 16.0. The van der Waals surface area contributed by atoms with E-state index in [9.17, 15) is 14.4 Å². The maximum Gasteiger partial charge on any atom is 0.328 e. The van der Waals surface area contributed by atoms with E-state index < -0.39 is 0 Å². The molecule has 0 spiro atoms. The lowest BCUT2D eigenvalue weighted by molar-refractivity contribution is -0.138. The van der Waals surface area contributed by atoms with Gasteiger partial charge in [-0.3, -0.25) is 23.6 Å². The molecule has 0 saturated heterocycles. The summed E-state index contributed by atoms with van der Waals surface area (Å²) in [6.45, 7) is 1.60. The number of fused-ring (bicyclic) bond motifs is 1. The first-order valence-corrected chi connectivity index (χ1v) is 6.83. The van der Waals surface area contributed by atoms with Crippen molar-refractivity contribution < 1.29 is 9.59 Å². The Morgan fingerprint density at radius 3 is 2.45 bits per heavy atom. The number of carbonyl (C=O) groups excluding carboxylic acids is 2. The summed E-state index contributed by atoms with van der Waals surface area (Å²) < 4.78 is 3.14. The van der Waals surface area contributed by atoms with Crippen LogP contribution in [0.15, 0.2) is 34.8 Å². The molecule has 0 aliphatic carbocycles. The zero-order valence-corrected chi connectivity index (χ0v) is 12.6. The minimum Gasteiger partial charge on any atom is -0.357 e. The predicted molar refractivity (Wildman–Crippen MR) is 82.3 cm³/mol. The smallest absolute Gasteiger partial charge is 0.328 e. The van der Waals surface area contributed by atoms with Crippen LogP contribution < -0.4 is 11.0 Å². The fraction of sp³-hybridized carbons (Fsp3) is 0.267. The van der Waals surface area contributed by atoms with E-state index in [0.29, 0.717) is 5.70 Å². The summed E-state index contributed by atoms with van der Waals surface area (Å²) in [5.41, 5.74) is 2.95. The van der Waals surface area contributed by atoms with E-state index in [4.69, 9.17) is 0 Å². The number of carbonyl (C=O) groups is 2. The molecule has 2 amide bonds. The van der Waals surface area contributed by atoms with Crippen LogP contribution in [-0.2, 0) is 23.7 Å². The summed E-state index contributed by atoms with van der Waals surface area (Å²) in [6.07, 6.45) is 1.41. The van der Waals surface area contributed by atoms with Gasteiger partial charge >= 0.3 is 5.69 Å². The fourth-order valence-corrected chi connectivity index (χ4v) is 2.63. The molecule has 0 saturated carbocycles. The molecule has 114 valence electrons. The van der Waals surface area contributed by atoms with Gasteiger partial charge in [0, 0.05) is 38.5 Å². The largest absolute Gasteiger partial charge is 0.357 e. The third kappa shape index (κ3) is 2.11. The van der Waals surface area contributed by atoms with Gasteiger partial charge < -0.3 is 5.32 Å². The van der Waals surface area contributed by atoms with E-state index in [0.717, 1.165) is 16.7 Å². The van der Waals surface area contributed by atoms with E-state index in [-0.39, 0.29) is 24.0 Å². The summed E-state index contributed by atoms with van der Waals surface area (Å²) in [5.74, 6) is -0.595. The summed E-state index contributed by atoms with van der Waals surface area (Å²) in [6, 6.07) is 5.53. The van der Waals surface area contributed by atoms with Crippen molar-refractivity contribution in [2.45, 2.75) is 6.92 Å². The topological polar surface area (TPSA) is 76.3 Å². The molecule has 0 bridgehead atoms. The quantitative estimate of drug-likeness (QED) is 0.879. The fourth-order valence-electron chi connectivity index (χ4n) is 2.63. The first-order valence-electron chi connectivity index (χ1n) is 6.83. The molecule has 1 aromatic heterocycles. The number of hydrogen-bond acceptors (Lipinski definition) is 4. The molecular weight excluding hydrogens is 284 g/mol. The number of benzene rings is 1. The molecular formula is C15H16N4O3. The van der Waals surface area contributed by atoms with Crippen LogP contribution in [0.2, 0.25) is 0 Å². The van der Waals surface area contributed by atoms with Gasteiger partial charge in [-0.1, -0.05) is 0 Å². The average molecular weight is 300 g/mol. The van der Waals surface area contributed by atoms with Gasteiger partial charge in [0.25, 0.3) is 5.91 Å². The van der Waals surface area contributed by atoms with Crippen molar-refractivity contribution in [1.29, 1.82) is 0 Å². The second-order valence-electron chi connectivity index (χ2n) is 5.34. The Kier molecular flexibility index (Phi) is 3.13.